The van der Waals surface area contributed by atoms with Gasteiger partial charge in [0.1, 0.15) is 5.04 Å². The van der Waals surface area contributed by atoms with Crippen LogP contribution in [0.5, 0.6) is 0 Å². The summed E-state index contributed by atoms with van der Waals surface area (Å²) in [5.74, 6) is 0.405. The van der Waals surface area contributed by atoms with Crippen molar-refractivity contribution in [2.45, 2.75) is 0 Å². The second-order valence-electron chi connectivity index (χ2n) is 7.10. The van der Waals surface area contributed by atoms with E-state index in [0.29, 0.717) is 5.75 Å². The van der Waals surface area contributed by atoms with Crippen molar-refractivity contribution in [2.24, 2.45) is 4.99 Å². The van der Waals surface area contributed by atoms with Gasteiger partial charge in [-0.25, -0.2) is 4.99 Å². The highest BCUT2D eigenvalue weighted by Crippen LogP contribution is 2.37. The number of anilines is 1. The summed E-state index contributed by atoms with van der Waals surface area (Å²) in [5.41, 5.74) is 2.34. The Morgan fingerprint density at radius 1 is 0.889 bits per heavy atom. The second-order valence-corrected chi connectivity index (χ2v) is 8.10. The van der Waals surface area contributed by atoms with Crippen molar-refractivity contribution in [1.29, 1.82) is 0 Å². The lowest BCUT2D eigenvalue weighted by Crippen LogP contribution is -2.08. The van der Waals surface area contributed by atoms with Gasteiger partial charge in [-0.15, -0.1) is 0 Å². The van der Waals surface area contributed by atoms with Gasteiger partial charge in [-0.3, -0.25) is 4.79 Å². The first-order valence-electron chi connectivity index (χ1n) is 8.91. The molecule has 27 heavy (non-hydrogen) atoms. The van der Waals surface area contributed by atoms with Crippen molar-refractivity contribution in [3.8, 4) is 0 Å². The van der Waals surface area contributed by atoms with Crippen LogP contribution in [0.2, 0.25) is 0 Å². The smallest absolute Gasteiger partial charge is 0.257 e. The predicted molar refractivity (Wildman–Crippen MR) is 118 cm³/mol. The van der Waals surface area contributed by atoms with Crippen LogP contribution in [0.25, 0.3) is 38.4 Å². The summed E-state index contributed by atoms with van der Waals surface area (Å²) in [4.78, 5) is 17.4. The summed E-state index contributed by atoms with van der Waals surface area (Å²) < 4.78 is 0. The van der Waals surface area contributed by atoms with E-state index in [1.54, 1.807) is 0 Å². The van der Waals surface area contributed by atoms with Crippen molar-refractivity contribution < 1.29 is 4.79 Å². The number of aliphatic imine (C=N–C) groups is 1. The van der Waals surface area contributed by atoms with E-state index in [0.717, 1.165) is 10.6 Å². The normalized spacial score (nSPS) is 14.9. The summed E-state index contributed by atoms with van der Waals surface area (Å²) in [6, 6.07) is 17.7. The molecule has 0 spiro atoms. The molecule has 1 aliphatic heterocycles. The van der Waals surface area contributed by atoms with Crippen molar-refractivity contribution in [3.05, 3.63) is 60.2 Å². The van der Waals surface area contributed by atoms with Gasteiger partial charge in [-0.1, -0.05) is 42.1 Å². The number of benzene rings is 4. The third-order valence-corrected chi connectivity index (χ3v) is 5.97. The van der Waals surface area contributed by atoms with Gasteiger partial charge in [0.15, 0.2) is 0 Å². The minimum Gasteiger partial charge on any atom is -0.378 e. The molecule has 0 saturated heterocycles. The van der Waals surface area contributed by atoms with Crippen LogP contribution < -0.4 is 4.90 Å². The molecule has 1 heterocycles. The van der Waals surface area contributed by atoms with Crippen LogP contribution in [0, 0.1) is 0 Å². The number of hydrogen-bond acceptors (Lipinski definition) is 3. The Morgan fingerprint density at radius 2 is 1.44 bits per heavy atom. The zero-order valence-electron chi connectivity index (χ0n) is 15.2. The monoisotopic (exact) mass is 370 g/mol. The highest BCUT2D eigenvalue weighted by molar-refractivity contribution is 8.15. The van der Waals surface area contributed by atoms with Crippen LogP contribution in [-0.2, 0) is 4.79 Å². The van der Waals surface area contributed by atoms with E-state index in [1.807, 2.05) is 12.2 Å². The van der Waals surface area contributed by atoms with Gasteiger partial charge in [-0.05, 0) is 68.2 Å². The van der Waals surface area contributed by atoms with Crippen molar-refractivity contribution >= 4 is 66.8 Å². The average Bonchev–Trinajstić information content (AvgIpc) is 3.09. The minimum atomic E-state index is -0.0488. The largest absolute Gasteiger partial charge is 0.378 e. The average molecular weight is 370 g/mol. The Bertz CT molecular complexity index is 1200. The molecule has 0 aromatic heterocycles. The Kier molecular flexibility index (Phi) is 3.69. The van der Waals surface area contributed by atoms with Gasteiger partial charge in [-0.2, -0.15) is 0 Å². The quantitative estimate of drug-likeness (QED) is 0.457. The topological polar surface area (TPSA) is 32.7 Å². The molecular formula is C23H18N2OS. The molecular weight excluding hydrogens is 352 g/mol. The number of carbonyl (C=O) groups is 1. The molecule has 0 unspecified atom stereocenters. The summed E-state index contributed by atoms with van der Waals surface area (Å²) >= 11 is 1.49. The maximum Gasteiger partial charge on any atom is 0.257 e. The first-order chi connectivity index (χ1) is 13.1. The number of carbonyl (C=O) groups excluding carboxylic acids is 1. The van der Waals surface area contributed by atoms with Gasteiger partial charge >= 0.3 is 0 Å². The van der Waals surface area contributed by atoms with Crippen molar-refractivity contribution in [3.63, 3.8) is 0 Å². The second kappa shape index (κ2) is 6.10. The van der Waals surface area contributed by atoms with E-state index in [-0.39, 0.29) is 5.91 Å². The van der Waals surface area contributed by atoms with Gasteiger partial charge < -0.3 is 4.90 Å². The zero-order valence-corrected chi connectivity index (χ0v) is 16.0. The molecule has 0 aliphatic carbocycles. The molecule has 0 atom stereocenters. The predicted octanol–water partition coefficient (Wildman–Crippen LogP) is 5.34. The van der Waals surface area contributed by atoms with Crippen LogP contribution in [0.4, 0.5) is 5.69 Å². The highest BCUT2D eigenvalue weighted by atomic mass is 32.2. The Morgan fingerprint density at radius 3 is 1.93 bits per heavy atom. The third-order valence-electron chi connectivity index (χ3n) is 5.05. The third kappa shape index (κ3) is 2.77. The molecule has 0 N–H and O–H groups in total. The first-order valence-corrected chi connectivity index (χ1v) is 9.89. The molecule has 3 nitrogen and oxygen atoms in total. The standard InChI is InChI=1S/C23H18N2OS/c1-25(2)19-11-17-6-4-15-9-14(3-8-21-24-20(26)13-27-21)10-16-5-7-18(12-19)23(17)22(15)16/h3-12H,13H2,1-2H3/b8-3+. The summed E-state index contributed by atoms with van der Waals surface area (Å²) in [6.45, 7) is 0. The summed E-state index contributed by atoms with van der Waals surface area (Å²) in [7, 11) is 4.15. The number of nitrogens with zero attached hydrogens (tertiary/aromatic N) is 2. The molecule has 4 aromatic rings. The number of amides is 1. The van der Waals surface area contributed by atoms with Crippen molar-refractivity contribution in [1.82, 2.24) is 0 Å². The van der Waals surface area contributed by atoms with Crippen LogP contribution in [-0.4, -0.2) is 30.8 Å². The van der Waals surface area contributed by atoms with E-state index in [9.17, 15) is 4.79 Å². The molecule has 0 fully saturated rings. The van der Waals surface area contributed by atoms with E-state index in [2.05, 4.69) is 72.5 Å². The molecule has 1 aliphatic rings. The van der Waals surface area contributed by atoms with E-state index in [4.69, 9.17) is 0 Å². The van der Waals surface area contributed by atoms with Crippen LogP contribution >= 0.6 is 11.8 Å². The molecule has 0 bridgehead atoms. The minimum absolute atomic E-state index is 0.0488. The molecule has 0 saturated carbocycles. The van der Waals surface area contributed by atoms with E-state index >= 15 is 0 Å². The van der Waals surface area contributed by atoms with Crippen molar-refractivity contribution in [2.75, 3.05) is 24.7 Å². The van der Waals surface area contributed by atoms with E-state index in [1.165, 1.54) is 49.8 Å². The Hall–Kier alpha value is -2.85. The van der Waals surface area contributed by atoms with Gasteiger partial charge in [0.2, 0.25) is 0 Å². The molecule has 0 radical (unpaired) electrons. The fourth-order valence-electron chi connectivity index (χ4n) is 3.78. The van der Waals surface area contributed by atoms with Gasteiger partial charge in [0.05, 0.1) is 5.75 Å². The van der Waals surface area contributed by atoms with Crippen LogP contribution in [0.15, 0.2) is 59.6 Å². The molecule has 132 valence electrons. The molecule has 4 aromatic carbocycles. The van der Waals surface area contributed by atoms with Gasteiger partial charge in [0, 0.05) is 19.8 Å². The maximum absolute atomic E-state index is 11.3. The molecule has 4 heteroatoms. The lowest BCUT2D eigenvalue weighted by molar-refractivity contribution is -0.115. The highest BCUT2D eigenvalue weighted by Gasteiger charge is 2.13. The zero-order chi connectivity index (χ0) is 18.5. The lowest BCUT2D eigenvalue weighted by Gasteiger charge is -2.17. The molecule has 5 rings (SSSR count). The number of thioether (sulfide) groups is 1. The lowest BCUT2D eigenvalue weighted by atomic mass is 9.92. The van der Waals surface area contributed by atoms with Gasteiger partial charge in [0.25, 0.3) is 5.91 Å². The SMILES string of the molecule is CN(C)c1cc2ccc3cc(/C=C/C4=NC(=O)CS4)cc4ccc(c1)c2c34. The summed E-state index contributed by atoms with van der Waals surface area (Å²) in [6.07, 6.45) is 3.98. The van der Waals surface area contributed by atoms with Crippen LogP contribution in [0.1, 0.15) is 5.56 Å². The fourth-order valence-corrected chi connectivity index (χ4v) is 4.44. The Labute approximate surface area is 161 Å². The fraction of sp³-hybridized carbons (Fsp3) is 0.130. The Balaban J connectivity index is 1.68. The maximum atomic E-state index is 11.3. The first kappa shape index (κ1) is 16.3. The number of hydrogen-bond donors (Lipinski definition) is 0. The number of rotatable bonds is 3. The van der Waals surface area contributed by atoms with E-state index < -0.39 is 0 Å². The van der Waals surface area contributed by atoms with Crippen LogP contribution in [0.3, 0.4) is 0 Å². The molecule has 1 amide bonds. The summed E-state index contributed by atoms with van der Waals surface area (Å²) in [5, 5.41) is 8.45.